The largest absolute Gasteiger partial charge is 0.491 e. The molecule has 4 aliphatic carbocycles. The predicted molar refractivity (Wildman–Crippen MR) is 580 cm³/mol. The van der Waals surface area contributed by atoms with Crippen LogP contribution in [0.25, 0.3) is 22.6 Å². The van der Waals surface area contributed by atoms with Crippen LogP contribution in [0.15, 0.2) is 191 Å². The number of nitrogens with zero attached hydrogens (tertiary/aromatic N) is 2. The molecule has 0 radical (unpaired) electrons. The Kier molecular flexibility index (Phi) is 39.7. The van der Waals surface area contributed by atoms with Gasteiger partial charge in [0.15, 0.2) is 0 Å². The standard InChI is InChI=1S/C23H36N2O5S.C21H28N2O4S.C21H22N2O4S.2C20H31N3O5S2/c1-23(2,3)31(27,28)25-19-9-7-17(8-10-19)22(26)24-18-11-13-20(14-12-18)30-16-21-6-4-5-15-29-21;1-21(2,3)28(25,26)23-17-11-9-15(10-12-17)20(24)22-18-7-4-6-16(14-18)19-8-5-13-27-19;1-21(2,3)28(25,26)23-18-12-8-16(9-13-18)20(24)22-17-10-6-15(7-11-17)19-5-4-14-27-19;1-20(2,3)30(27,28)22-17-7-5-15(6-8-17)19(24)21-16-9-11-18(12-10-16)23-13-4-14-29(23,25)26;1-20(2,3)30(27,28)22-16-10-8-15(9-11-16)19(24)21-17-6-4-7-18(14-17)23-12-5-13-29(23,25)26/h11-14,17,19,21,25H,4-10,15-16H2,1-3H3,(H,24,26);4-8,13-15,17,23H,9-12H2,1-3H3,(H,22,24);4-14,23H,1-3H3,(H,22,24);9-12,15,17,22H,4-8,13-14H2,1-3H3,(H,21,24);4,6-7,14-16,22H,5,8-13H2,1-3H3,(H,21,24). The fourth-order valence-electron chi connectivity index (χ4n) is 17.1. The highest BCUT2D eigenvalue weighted by atomic mass is 32.2. The predicted octanol–water partition coefficient (Wildman–Crippen LogP) is 17.6. The van der Waals surface area contributed by atoms with Crippen LogP contribution in [0.4, 0.5) is 45.5 Å². The maximum Gasteiger partial charge on any atom is 0.255 e. The van der Waals surface area contributed by atoms with Crippen molar-refractivity contribution in [2.45, 2.75) is 293 Å². The average molecular weight is 2170 g/mol. The zero-order valence-electron chi connectivity index (χ0n) is 86.8. The molecule has 2 aromatic heterocycles. The lowest BCUT2D eigenvalue weighted by atomic mass is 9.86. The smallest absolute Gasteiger partial charge is 0.255 e. The number of sulfonamides is 7. The SMILES string of the molecule is CC(C)(C)S(=O)(=O)NC1CCC(C(=O)Nc2ccc(N3CCCS3(=O)=O)cc2)CC1.CC(C)(C)S(=O)(=O)NC1CCC(C(=O)Nc2ccc(OCC3CCCCO3)cc2)CC1.CC(C)(C)S(=O)(=O)NC1CCC(C(=O)Nc2cccc(-c3ccco3)c2)CC1.CC(C)(C)S(=O)(=O)NC1CCC(C(=O)Nc2cccc(N3CCCS3(=O)=O)c2)CC1.CC(C)(C)S(=O)(=O)Nc1ccc(C(=O)Nc2ccc(-c3ccco3)cc2)cc1. The van der Waals surface area contributed by atoms with Crippen molar-refractivity contribution in [1.82, 2.24) is 18.9 Å². The van der Waals surface area contributed by atoms with Crippen molar-refractivity contribution < 1.29 is 101 Å². The fraction of sp³-hybridized carbons (Fsp3) is 0.533. The molecule has 3 aliphatic heterocycles. The van der Waals surface area contributed by atoms with Gasteiger partial charge in [-0.25, -0.2) is 77.8 Å². The number of benzene rings is 6. The number of hydrogen-bond acceptors (Lipinski definition) is 23. The quantitative estimate of drug-likeness (QED) is 0.0229. The summed E-state index contributed by atoms with van der Waals surface area (Å²) in [6, 6.07) is 49.2. The van der Waals surface area contributed by atoms with Crippen molar-refractivity contribution >= 4 is 145 Å². The van der Waals surface area contributed by atoms with Crippen LogP contribution < -0.4 is 63.5 Å². The molecule has 8 aromatic rings. The van der Waals surface area contributed by atoms with E-state index in [1.807, 2.05) is 84.9 Å². The number of ether oxygens (including phenoxy) is 2. The van der Waals surface area contributed by atoms with Crippen LogP contribution in [0.5, 0.6) is 5.75 Å². The number of nitrogens with one attached hydrogen (secondary N) is 10. The second-order valence-corrected chi connectivity index (χ2v) is 59.7. The van der Waals surface area contributed by atoms with Gasteiger partial charge >= 0.3 is 0 Å². The van der Waals surface area contributed by atoms with Gasteiger partial charge in [-0.3, -0.25) is 37.3 Å². The summed E-state index contributed by atoms with van der Waals surface area (Å²) in [6.45, 7) is 27.3. The third-order valence-corrected chi connectivity index (χ3v) is 41.7. The van der Waals surface area contributed by atoms with Gasteiger partial charge in [0.2, 0.25) is 93.8 Å². The highest BCUT2D eigenvalue weighted by Gasteiger charge is 2.41. The Morgan fingerprint density at radius 1 is 0.340 bits per heavy atom. The van der Waals surface area contributed by atoms with Crippen LogP contribution in [-0.2, 0) is 94.1 Å². The van der Waals surface area contributed by atoms with Gasteiger partial charge in [-0.1, -0.05) is 18.2 Å². The Labute approximate surface area is 869 Å². The molecule has 35 nitrogen and oxygen atoms in total. The minimum absolute atomic E-state index is 0.0126. The van der Waals surface area contributed by atoms with Crippen molar-refractivity contribution in [2.75, 3.05) is 77.7 Å². The number of hydrogen-bond donors (Lipinski definition) is 10. The molecule has 42 heteroatoms. The molecule has 6 aromatic carbocycles. The van der Waals surface area contributed by atoms with E-state index in [2.05, 4.69) is 50.2 Å². The zero-order valence-corrected chi connectivity index (χ0v) is 92.5. The van der Waals surface area contributed by atoms with E-state index in [4.69, 9.17) is 18.3 Å². The lowest BCUT2D eigenvalue weighted by Gasteiger charge is -2.30. The van der Waals surface area contributed by atoms with Crippen molar-refractivity contribution in [3.05, 3.63) is 188 Å². The highest BCUT2D eigenvalue weighted by molar-refractivity contribution is 7.94. The van der Waals surface area contributed by atoms with Crippen molar-refractivity contribution in [1.29, 1.82) is 0 Å². The molecule has 5 amide bonds. The van der Waals surface area contributed by atoms with Crippen molar-refractivity contribution in [3.63, 3.8) is 0 Å². The minimum atomic E-state index is -3.51. The second-order valence-electron chi connectivity index (χ2n) is 43.4. The summed E-state index contributed by atoms with van der Waals surface area (Å²) in [7, 11) is -23.6. The lowest BCUT2D eigenvalue weighted by Crippen LogP contribution is -2.46. The van der Waals surface area contributed by atoms with Crippen LogP contribution >= 0.6 is 0 Å². The molecule has 3 saturated heterocycles. The molecule has 7 aliphatic rings. The molecule has 0 bridgehead atoms. The number of carbonyl (C=O) groups excluding carboxylic acids is 5. The molecule has 808 valence electrons. The van der Waals surface area contributed by atoms with E-state index in [0.717, 1.165) is 59.2 Å². The Morgan fingerprint density at radius 2 is 0.687 bits per heavy atom. The van der Waals surface area contributed by atoms with Crippen LogP contribution in [-0.4, -0.2) is 180 Å². The zero-order chi connectivity index (χ0) is 108. The summed E-state index contributed by atoms with van der Waals surface area (Å²) in [4.78, 5) is 63.0. The Bertz CT molecular complexity index is 6590. The maximum absolute atomic E-state index is 12.7. The maximum atomic E-state index is 12.7. The number of carbonyl (C=O) groups is 5. The number of rotatable bonds is 27. The third kappa shape index (κ3) is 33.7. The first-order valence-corrected chi connectivity index (χ1v) is 60.9. The van der Waals surface area contributed by atoms with Crippen LogP contribution in [0.1, 0.15) is 249 Å². The van der Waals surface area contributed by atoms with Gasteiger partial charge in [-0.2, -0.15) is 0 Å². The molecule has 5 heterocycles. The van der Waals surface area contributed by atoms with Gasteiger partial charge in [0.05, 0.1) is 65.2 Å². The summed E-state index contributed by atoms with van der Waals surface area (Å²) >= 11 is 0. The van der Waals surface area contributed by atoms with Crippen LogP contribution in [0.3, 0.4) is 0 Å². The van der Waals surface area contributed by atoms with Gasteiger partial charge in [-0.15, -0.1) is 0 Å². The molecule has 15 rings (SSSR count). The fourth-order valence-corrected chi connectivity index (χ4v) is 25.1. The molecule has 1 atom stereocenters. The summed E-state index contributed by atoms with van der Waals surface area (Å²) in [5, 5.41) is 14.6. The molecule has 7 fully saturated rings. The molecule has 1 unspecified atom stereocenters. The highest BCUT2D eigenvalue weighted by Crippen LogP contribution is 2.37. The normalized spacial score (nSPS) is 21.5. The number of amides is 5. The van der Waals surface area contributed by atoms with E-state index < -0.39 is 93.9 Å². The van der Waals surface area contributed by atoms with Crippen molar-refractivity contribution in [2.24, 2.45) is 23.7 Å². The summed E-state index contributed by atoms with van der Waals surface area (Å²) in [5.74, 6) is 1.49. The monoisotopic (exact) mass is 2170 g/mol. The van der Waals surface area contributed by atoms with Crippen molar-refractivity contribution in [3.8, 4) is 28.4 Å². The summed E-state index contributed by atoms with van der Waals surface area (Å²) in [5.41, 5.74) is 7.13. The third-order valence-electron chi connectivity index (χ3n) is 26.8. The number of anilines is 8. The van der Waals surface area contributed by atoms with E-state index in [9.17, 15) is 82.9 Å². The molecular formula is C105H148N12O23S7. The van der Waals surface area contributed by atoms with E-state index in [1.165, 1.54) is 15.0 Å². The first-order chi connectivity index (χ1) is 68.7. The molecule has 10 N–H and O–H groups in total. The minimum Gasteiger partial charge on any atom is -0.491 e. The molecule has 147 heavy (non-hydrogen) atoms. The van der Waals surface area contributed by atoms with Gasteiger partial charge in [0.25, 0.3) is 5.91 Å². The van der Waals surface area contributed by atoms with Gasteiger partial charge in [0, 0.05) is 118 Å². The van der Waals surface area contributed by atoms with E-state index in [0.29, 0.717) is 175 Å². The molecule has 0 spiro atoms. The Hall–Kier alpha value is -10.1. The molecule has 4 saturated carbocycles. The average Bonchev–Trinajstić information content (AvgIpc) is 1.68. The van der Waals surface area contributed by atoms with Gasteiger partial charge in [0.1, 0.15) is 23.9 Å². The second kappa shape index (κ2) is 49.8. The topological polar surface area (TPSA) is 496 Å². The van der Waals surface area contributed by atoms with E-state index in [-0.39, 0.29) is 95.0 Å². The summed E-state index contributed by atoms with van der Waals surface area (Å²) < 4.78 is 206. The van der Waals surface area contributed by atoms with Gasteiger partial charge < -0.3 is 44.9 Å². The van der Waals surface area contributed by atoms with Crippen LogP contribution in [0.2, 0.25) is 0 Å². The first kappa shape index (κ1) is 117. The van der Waals surface area contributed by atoms with E-state index in [1.54, 1.807) is 201 Å². The number of furan rings is 2. The Balaban J connectivity index is 0.000000175. The van der Waals surface area contributed by atoms with Gasteiger partial charge in [-0.05, 0) is 390 Å². The lowest BCUT2D eigenvalue weighted by molar-refractivity contribution is -0.121. The Morgan fingerprint density at radius 3 is 1.05 bits per heavy atom. The van der Waals surface area contributed by atoms with E-state index >= 15 is 0 Å². The molecular weight excluding hydrogens is 2020 g/mol. The van der Waals surface area contributed by atoms with Crippen LogP contribution in [0, 0.1) is 23.7 Å². The summed E-state index contributed by atoms with van der Waals surface area (Å²) in [6.07, 6.45) is 18.2. The first-order valence-electron chi connectivity index (χ1n) is 50.3.